The van der Waals surface area contributed by atoms with Crippen molar-refractivity contribution in [2.45, 2.75) is 0 Å². The van der Waals surface area contributed by atoms with Crippen molar-refractivity contribution < 1.29 is 23.9 Å². The number of hydrogen-bond acceptors (Lipinski definition) is 4. The van der Waals surface area contributed by atoms with Crippen molar-refractivity contribution in [3.8, 4) is 0 Å². The normalized spacial score (nSPS) is 9.67. The van der Waals surface area contributed by atoms with Crippen LogP contribution in [0.2, 0.25) is 0 Å². The number of hydrogen-bond donors (Lipinski definition) is 2. The summed E-state index contributed by atoms with van der Waals surface area (Å²) in [5.74, 6) is -2.92. The number of nitrogens with zero attached hydrogens (tertiary/aromatic N) is 1. The van der Waals surface area contributed by atoms with E-state index < -0.39 is 24.3 Å². The lowest BCUT2D eigenvalue weighted by Gasteiger charge is -2.03. The van der Waals surface area contributed by atoms with Gasteiger partial charge >= 0.3 is 5.97 Å². The van der Waals surface area contributed by atoms with Gasteiger partial charge in [0.05, 0.1) is 11.8 Å². The molecule has 15 heavy (non-hydrogen) atoms. The first-order chi connectivity index (χ1) is 7.11. The maximum atomic E-state index is 12.9. The number of halogens is 1. The molecule has 0 saturated heterocycles. The van der Waals surface area contributed by atoms with Crippen molar-refractivity contribution >= 4 is 11.9 Å². The van der Waals surface area contributed by atoms with Crippen LogP contribution in [-0.2, 0) is 9.63 Å². The van der Waals surface area contributed by atoms with Gasteiger partial charge in [0.1, 0.15) is 0 Å². The minimum absolute atomic E-state index is 0.268. The third-order valence-corrected chi connectivity index (χ3v) is 1.38. The first kappa shape index (κ1) is 11.1. The summed E-state index contributed by atoms with van der Waals surface area (Å²) in [6, 6.07) is 1.15. The van der Waals surface area contributed by atoms with E-state index in [0.29, 0.717) is 0 Å². The van der Waals surface area contributed by atoms with E-state index in [-0.39, 0.29) is 5.56 Å². The quantitative estimate of drug-likeness (QED) is 0.687. The standard InChI is InChI=1S/C8H7FN2O4/c9-6-3-10-2-1-5(6)8(14)11-15-4-7(12)13/h1-3H,4H2,(H,11,14)(H,12,13). The maximum Gasteiger partial charge on any atom is 0.332 e. The molecule has 1 aromatic rings. The maximum absolute atomic E-state index is 12.9. The summed E-state index contributed by atoms with van der Waals surface area (Å²) in [7, 11) is 0. The molecule has 0 bridgehead atoms. The highest BCUT2D eigenvalue weighted by Crippen LogP contribution is 2.03. The highest BCUT2D eigenvalue weighted by atomic mass is 19.1. The van der Waals surface area contributed by atoms with Crippen LogP contribution in [0.5, 0.6) is 0 Å². The van der Waals surface area contributed by atoms with Crippen LogP contribution in [0.25, 0.3) is 0 Å². The third kappa shape index (κ3) is 3.31. The second-order valence-electron chi connectivity index (χ2n) is 2.47. The van der Waals surface area contributed by atoms with E-state index in [0.717, 1.165) is 12.3 Å². The highest BCUT2D eigenvalue weighted by molar-refractivity contribution is 5.93. The molecular formula is C8H7FN2O4. The Kier molecular flexibility index (Phi) is 3.69. The van der Waals surface area contributed by atoms with Gasteiger partial charge in [0.2, 0.25) is 0 Å². The number of carbonyl (C=O) groups excluding carboxylic acids is 1. The molecule has 6 nitrogen and oxygen atoms in total. The Balaban J connectivity index is 2.54. The lowest BCUT2D eigenvalue weighted by molar-refractivity contribution is -0.144. The minimum atomic E-state index is -1.24. The van der Waals surface area contributed by atoms with Crippen LogP contribution < -0.4 is 5.48 Å². The van der Waals surface area contributed by atoms with Gasteiger partial charge in [-0.25, -0.2) is 14.7 Å². The Morgan fingerprint density at radius 3 is 2.93 bits per heavy atom. The Morgan fingerprint density at radius 1 is 1.60 bits per heavy atom. The van der Waals surface area contributed by atoms with Crippen molar-refractivity contribution in [1.82, 2.24) is 10.5 Å². The predicted octanol–water partition coefficient (Wildman–Crippen LogP) is -0.0333. The van der Waals surface area contributed by atoms with Gasteiger partial charge in [-0.3, -0.25) is 14.6 Å². The van der Waals surface area contributed by atoms with Crippen LogP contribution in [0.4, 0.5) is 4.39 Å². The van der Waals surface area contributed by atoms with Gasteiger partial charge in [-0.15, -0.1) is 0 Å². The molecule has 1 amide bonds. The van der Waals surface area contributed by atoms with E-state index in [1.165, 1.54) is 6.20 Å². The van der Waals surface area contributed by atoms with Crippen molar-refractivity contribution in [3.63, 3.8) is 0 Å². The summed E-state index contributed by atoms with van der Waals surface area (Å²) >= 11 is 0. The van der Waals surface area contributed by atoms with E-state index >= 15 is 0 Å². The molecule has 0 unspecified atom stereocenters. The molecule has 1 heterocycles. The number of nitrogens with one attached hydrogen (secondary N) is 1. The predicted molar refractivity (Wildman–Crippen MR) is 45.2 cm³/mol. The molecular weight excluding hydrogens is 207 g/mol. The van der Waals surface area contributed by atoms with Crippen molar-refractivity contribution in [1.29, 1.82) is 0 Å². The number of amides is 1. The second-order valence-corrected chi connectivity index (χ2v) is 2.47. The summed E-state index contributed by atoms with van der Waals surface area (Å²) < 4.78 is 12.9. The zero-order chi connectivity index (χ0) is 11.3. The number of rotatable bonds is 4. The zero-order valence-electron chi connectivity index (χ0n) is 7.44. The molecule has 0 radical (unpaired) electrons. The largest absolute Gasteiger partial charge is 0.479 e. The van der Waals surface area contributed by atoms with Crippen molar-refractivity contribution in [3.05, 3.63) is 29.8 Å². The number of pyridine rings is 1. The molecule has 0 fully saturated rings. The monoisotopic (exact) mass is 214 g/mol. The van der Waals surface area contributed by atoms with Gasteiger partial charge in [0.15, 0.2) is 12.4 Å². The van der Waals surface area contributed by atoms with Crippen molar-refractivity contribution in [2.24, 2.45) is 0 Å². The lowest BCUT2D eigenvalue weighted by atomic mass is 10.2. The summed E-state index contributed by atoms with van der Waals surface area (Å²) in [6.07, 6.45) is 2.10. The molecule has 2 N–H and O–H groups in total. The van der Waals surface area contributed by atoms with Crippen LogP contribution in [0.15, 0.2) is 18.5 Å². The van der Waals surface area contributed by atoms with Crippen LogP contribution in [-0.4, -0.2) is 28.6 Å². The Hall–Kier alpha value is -2.02. The van der Waals surface area contributed by atoms with Crippen LogP contribution in [0, 0.1) is 5.82 Å². The van der Waals surface area contributed by atoms with Crippen LogP contribution in [0.1, 0.15) is 10.4 Å². The Labute approximate surface area is 83.6 Å². The van der Waals surface area contributed by atoms with Crippen molar-refractivity contribution in [2.75, 3.05) is 6.61 Å². The fraction of sp³-hybridized carbons (Fsp3) is 0.125. The first-order valence-electron chi connectivity index (χ1n) is 3.84. The fourth-order valence-electron chi connectivity index (χ4n) is 0.778. The van der Waals surface area contributed by atoms with Crippen LogP contribution >= 0.6 is 0 Å². The number of aliphatic carboxylic acids is 1. The lowest BCUT2D eigenvalue weighted by Crippen LogP contribution is -2.27. The average Bonchev–Trinajstić information content (AvgIpc) is 2.17. The van der Waals surface area contributed by atoms with Gasteiger partial charge < -0.3 is 5.11 Å². The van der Waals surface area contributed by atoms with E-state index in [2.05, 4.69) is 9.82 Å². The molecule has 1 rings (SSSR count). The molecule has 0 saturated carbocycles. The first-order valence-corrected chi connectivity index (χ1v) is 3.84. The number of carboxylic acid groups (broad SMARTS) is 1. The number of hydroxylamine groups is 1. The molecule has 0 aliphatic carbocycles. The van der Waals surface area contributed by atoms with Gasteiger partial charge in [-0.1, -0.05) is 0 Å². The van der Waals surface area contributed by atoms with E-state index in [4.69, 9.17) is 5.11 Å². The van der Waals surface area contributed by atoms with E-state index in [1.807, 2.05) is 0 Å². The van der Waals surface area contributed by atoms with Gasteiger partial charge in [-0.2, -0.15) is 0 Å². The smallest absolute Gasteiger partial charge is 0.332 e. The summed E-state index contributed by atoms with van der Waals surface area (Å²) in [5, 5.41) is 8.19. The van der Waals surface area contributed by atoms with E-state index in [9.17, 15) is 14.0 Å². The Morgan fingerprint density at radius 2 is 2.33 bits per heavy atom. The molecule has 80 valence electrons. The topological polar surface area (TPSA) is 88.5 Å². The molecule has 0 spiro atoms. The SMILES string of the molecule is O=C(O)CONC(=O)c1ccncc1F. The summed E-state index contributed by atoms with van der Waals surface area (Å²) in [4.78, 5) is 28.9. The zero-order valence-corrected chi connectivity index (χ0v) is 7.44. The third-order valence-electron chi connectivity index (χ3n) is 1.38. The van der Waals surface area contributed by atoms with E-state index in [1.54, 1.807) is 5.48 Å². The molecule has 0 aliphatic heterocycles. The number of aromatic nitrogens is 1. The second kappa shape index (κ2) is 5.01. The fourth-order valence-corrected chi connectivity index (χ4v) is 0.778. The summed E-state index contributed by atoms with van der Waals surface area (Å²) in [6.45, 7) is -0.696. The highest BCUT2D eigenvalue weighted by Gasteiger charge is 2.11. The minimum Gasteiger partial charge on any atom is -0.479 e. The molecule has 0 atom stereocenters. The molecule has 0 aliphatic rings. The Bertz CT molecular complexity index is 383. The summed E-state index contributed by atoms with van der Waals surface area (Å²) in [5.41, 5.74) is 1.52. The number of carboxylic acids is 1. The molecule has 1 aromatic heterocycles. The van der Waals surface area contributed by atoms with Gasteiger partial charge in [-0.05, 0) is 6.07 Å². The van der Waals surface area contributed by atoms with Gasteiger partial charge in [0, 0.05) is 6.20 Å². The average molecular weight is 214 g/mol. The van der Waals surface area contributed by atoms with Crippen LogP contribution in [0.3, 0.4) is 0 Å². The van der Waals surface area contributed by atoms with Gasteiger partial charge in [0.25, 0.3) is 5.91 Å². The molecule has 7 heteroatoms. The number of carbonyl (C=O) groups is 2. The molecule has 0 aromatic carbocycles.